The van der Waals surface area contributed by atoms with Crippen molar-refractivity contribution in [2.75, 3.05) is 27.7 Å². The van der Waals surface area contributed by atoms with Gasteiger partial charge in [-0.3, -0.25) is 4.79 Å². The minimum atomic E-state index is -3.03. The highest BCUT2D eigenvalue weighted by Gasteiger charge is 2.16. The summed E-state index contributed by atoms with van der Waals surface area (Å²) in [7, 11) is 4.98. The van der Waals surface area contributed by atoms with E-state index in [0.717, 1.165) is 5.56 Å². The molecular weight excluding hydrogens is 385 g/mol. The van der Waals surface area contributed by atoms with Crippen LogP contribution in [0.2, 0.25) is 0 Å². The SMILES string of the molecule is COc1cccc(/C=C/C(=O)NCC(c2cccc(F)c2)N(C)C)c1OC(F)F. The molecule has 0 spiro atoms. The van der Waals surface area contributed by atoms with E-state index in [1.165, 1.54) is 43.5 Å². The number of halogens is 3. The number of benzene rings is 2. The lowest BCUT2D eigenvalue weighted by molar-refractivity contribution is -0.116. The van der Waals surface area contributed by atoms with Gasteiger partial charge in [0.15, 0.2) is 11.5 Å². The summed E-state index contributed by atoms with van der Waals surface area (Å²) in [5, 5.41) is 2.73. The van der Waals surface area contributed by atoms with Crippen LogP contribution in [0.3, 0.4) is 0 Å². The molecule has 1 atom stereocenters. The van der Waals surface area contributed by atoms with Gasteiger partial charge in [-0.15, -0.1) is 0 Å². The molecule has 2 aromatic rings. The molecule has 0 heterocycles. The molecule has 8 heteroatoms. The number of nitrogens with zero attached hydrogens (tertiary/aromatic N) is 1. The normalized spacial score (nSPS) is 12.4. The third-order valence-electron chi connectivity index (χ3n) is 4.18. The van der Waals surface area contributed by atoms with Crippen LogP contribution >= 0.6 is 0 Å². The lowest BCUT2D eigenvalue weighted by Crippen LogP contribution is -2.33. The van der Waals surface area contributed by atoms with Crippen molar-refractivity contribution in [3.63, 3.8) is 0 Å². The van der Waals surface area contributed by atoms with Crippen molar-refractivity contribution in [3.8, 4) is 11.5 Å². The van der Waals surface area contributed by atoms with Gasteiger partial charge < -0.3 is 19.7 Å². The molecule has 0 saturated carbocycles. The summed E-state index contributed by atoms with van der Waals surface area (Å²) in [6.07, 6.45) is 2.58. The number of methoxy groups -OCH3 is 1. The predicted molar refractivity (Wildman–Crippen MR) is 104 cm³/mol. The van der Waals surface area contributed by atoms with E-state index in [1.807, 2.05) is 19.0 Å². The second-order valence-electron chi connectivity index (χ2n) is 6.37. The molecular formula is C21H23F3N2O3. The fourth-order valence-corrected chi connectivity index (χ4v) is 2.77. The number of alkyl halides is 2. The molecule has 2 aromatic carbocycles. The van der Waals surface area contributed by atoms with Gasteiger partial charge in [0.25, 0.3) is 0 Å². The Hall–Kier alpha value is -3.00. The van der Waals surface area contributed by atoms with Crippen molar-refractivity contribution in [1.29, 1.82) is 0 Å². The molecule has 0 aromatic heterocycles. The van der Waals surface area contributed by atoms with Crippen LogP contribution in [0.25, 0.3) is 6.08 Å². The van der Waals surface area contributed by atoms with Crippen LogP contribution in [0, 0.1) is 5.82 Å². The van der Waals surface area contributed by atoms with Gasteiger partial charge >= 0.3 is 6.61 Å². The summed E-state index contributed by atoms with van der Waals surface area (Å²) in [6.45, 7) is -2.79. The largest absolute Gasteiger partial charge is 0.493 e. The van der Waals surface area contributed by atoms with Crippen molar-refractivity contribution >= 4 is 12.0 Å². The first-order valence-corrected chi connectivity index (χ1v) is 8.81. The number of para-hydroxylation sites is 1. The van der Waals surface area contributed by atoms with Crippen LogP contribution in [0.15, 0.2) is 48.5 Å². The summed E-state index contributed by atoms with van der Waals surface area (Å²) in [5.74, 6) is -0.809. The third-order valence-corrected chi connectivity index (χ3v) is 4.18. The molecule has 0 aliphatic carbocycles. The number of rotatable bonds is 9. The van der Waals surface area contributed by atoms with Crippen LogP contribution in [0.5, 0.6) is 11.5 Å². The van der Waals surface area contributed by atoms with Gasteiger partial charge in [-0.05, 0) is 43.9 Å². The predicted octanol–water partition coefficient (Wildman–Crippen LogP) is 3.87. The van der Waals surface area contributed by atoms with E-state index in [4.69, 9.17) is 4.74 Å². The smallest absolute Gasteiger partial charge is 0.387 e. The van der Waals surface area contributed by atoms with E-state index in [9.17, 15) is 18.0 Å². The summed E-state index contributed by atoms with van der Waals surface area (Å²) < 4.78 is 48.4. The van der Waals surface area contributed by atoms with Gasteiger partial charge in [0.1, 0.15) is 5.82 Å². The first kappa shape index (κ1) is 22.3. The van der Waals surface area contributed by atoms with Gasteiger partial charge in [-0.2, -0.15) is 8.78 Å². The second-order valence-corrected chi connectivity index (χ2v) is 6.37. The van der Waals surface area contributed by atoms with Gasteiger partial charge in [-0.25, -0.2) is 4.39 Å². The molecule has 0 aliphatic rings. The monoisotopic (exact) mass is 408 g/mol. The van der Waals surface area contributed by atoms with Gasteiger partial charge in [0.05, 0.1) is 13.2 Å². The number of nitrogens with one attached hydrogen (secondary N) is 1. The molecule has 29 heavy (non-hydrogen) atoms. The average Bonchev–Trinajstić information content (AvgIpc) is 2.66. The zero-order valence-corrected chi connectivity index (χ0v) is 16.4. The summed E-state index contributed by atoms with van der Waals surface area (Å²) in [4.78, 5) is 14.1. The highest BCUT2D eigenvalue weighted by molar-refractivity contribution is 5.92. The fourth-order valence-electron chi connectivity index (χ4n) is 2.77. The molecule has 0 bridgehead atoms. The zero-order chi connectivity index (χ0) is 21.4. The molecule has 156 valence electrons. The maximum absolute atomic E-state index is 13.5. The highest BCUT2D eigenvalue weighted by Crippen LogP contribution is 2.33. The summed E-state index contributed by atoms with van der Waals surface area (Å²) in [6, 6.07) is 10.5. The van der Waals surface area contributed by atoms with Crippen molar-refractivity contribution in [2.45, 2.75) is 12.7 Å². The Balaban J connectivity index is 2.09. The Morgan fingerprint density at radius 3 is 2.55 bits per heavy atom. The van der Waals surface area contributed by atoms with Crippen LogP contribution in [0.4, 0.5) is 13.2 Å². The van der Waals surface area contributed by atoms with E-state index in [2.05, 4.69) is 10.1 Å². The minimum Gasteiger partial charge on any atom is -0.493 e. The lowest BCUT2D eigenvalue weighted by atomic mass is 10.1. The van der Waals surface area contributed by atoms with Crippen molar-refractivity contribution in [2.24, 2.45) is 0 Å². The first-order valence-electron chi connectivity index (χ1n) is 8.81. The lowest BCUT2D eigenvalue weighted by Gasteiger charge is -2.25. The standard InChI is InChI=1S/C21H23F3N2O3/c1-26(2)17(15-7-4-8-16(22)12-15)13-25-19(27)11-10-14-6-5-9-18(28-3)20(14)29-21(23)24/h4-12,17,21H,13H2,1-3H3,(H,25,27)/b11-10+. The first-order chi connectivity index (χ1) is 13.8. The third kappa shape index (κ3) is 6.53. The average molecular weight is 408 g/mol. The molecule has 1 N–H and O–H groups in total. The molecule has 5 nitrogen and oxygen atoms in total. The van der Waals surface area contributed by atoms with Crippen LogP contribution in [0.1, 0.15) is 17.2 Å². The molecule has 1 unspecified atom stereocenters. The topological polar surface area (TPSA) is 50.8 Å². The Labute approximate surface area is 167 Å². The van der Waals surface area contributed by atoms with Crippen molar-refractivity contribution in [1.82, 2.24) is 10.2 Å². The quantitative estimate of drug-likeness (QED) is 0.640. The van der Waals surface area contributed by atoms with Crippen LogP contribution in [-0.4, -0.2) is 45.2 Å². The van der Waals surface area contributed by atoms with Gasteiger partial charge in [0.2, 0.25) is 5.91 Å². The minimum absolute atomic E-state index is 0.131. The van der Waals surface area contributed by atoms with Crippen LogP contribution in [-0.2, 0) is 4.79 Å². The summed E-state index contributed by atoms with van der Waals surface area (Å²) in [5.41, 5.74) is 0.994. The van der Waals surface area contributed by atoms with E-state index in [0.29, 0.717) is 0 Å². The Bertz CT molecular complexity index is 857. The number of ether oxygens (including phenoxy) is 2. The molecule has 0 aliphatic heterocycles. The number of hydrogen-bond donors (Lipinski definition) is 1. The fraction of sp³-hybridized carbons (Fsp3) is 0.286. The van der Waals surface area contributed by atoms with Crippen molar-refractivity contribution < 1.29 is 27.4 Å². The number of hydrogen-bond acceptors (Lipinski definition) is 4. The maximum atomic E-state index is 13.5. The number of carbonyl (C=O) groups excluding carboxylic acids is 1. The van der Waals surface area contributed by atoms with Crippen LogP contribution < -0.4 is 14.8 Å². The van der Waals surface area contributed by atoms with E-state index in [1.54, 1.807) is 18.2 Å². The maximum Gasteiger partial charge on any atom is 0.387 e. The van der Waals surface area contributed by atoms with E-state index >= 15 is 0 Å². The highest BCUT2D eigenvalue weighted by atomic mass is 19.3. The molecule has 0 saturated heterocycles. The second kappa shape index (κ2) is 10.5. The summed E-state index contributed by atoms with van der Waals surface area (Å²) >= 11 is 0. The van der Waals surface area contributed by atoms with E-state index < -0.39 is 12.5 Å². The molecule has 2 rings (SSSR count). The van der Waals surface area contributed by atoms with Gasteiger partial charge in [-0.1, -0.05) is 24.3 Å². The Morgan fingerprint density at radius 2 is 1.93 bits per heavy atom. The van der Waals surface area contributed by atoms with Crippen molar-refractivity contribution in [3.05, 3.63) is 65.5 Å². The van der Waals surface area contributed by atoms with E-state index in [-0.39, 0.29) is 35.5 Å². The Morgan fingerprint density at radius 1 is 1.21 bits per heavy atom. The number of amides is 1. The molecule has 0 fully saturated rings. The van der Waals surface area contributed by atoms with Gasteiger partial charge in [0, 0.05) is 18.2 Å². The molecule has 0 radical (unpaired) electrons. The zero-order valence-electron chi connectivity index (χ0n) is 16.4. The Kier molecular flexibility index (Phi) is 8.09. The number of carbonyl (C=O) groups is 1. The molecule has 1 amide bonds. The number of likely N-dealkylation sites (N-methyl/N-ethyl adjacent to an activating group) is 1.